The summed E-state index contributed by atoms with van der Waals surface area (Å²) in [5.74, 6) is -4.15. The van der Waals surface area contributed by atoms with Crippen LogP contribution in [0, 0.1) is 11.8 Å². The van der Waals surface area contributed by atoms with Gasteiger partial charge in [-0.15, -0.1) is 6.58 Å². The number of hydrogen-bond acceptors (Lipinski definition) is 15. The Morgan fingerprint density at radius 2 is 1.58 bits per heavy atom. The molecule has 3 aliphatic heterocycles. The minimum Gasteiger partial charge on any atom is -0.466 e. The van der Waals surface area contributed by atoms with Gasteiger partial charge >= 0.3 is 35.8 Å². The molecule has 1 N–H and O–H groups in total. The van der Waals surface area contributed by atoms with E-state index in [1.807, 2.05) is 12.3 Å². The molecule has 0 aliphatic carbocycles. The van der Waals surface area contributed by atoms with Crippen LogP contribution in [0.25, 0.3) is 10.9 Å². The molecule has 53 heavy (non-hydrogen) atoms. The van der Waals surface area contributed by atoms with Gasteiger partial charge in [-0.1, -0.05) is 6.08 Å². The topological polar surface area (TPSA) is 195 Å². The summed E-state index contributed by atoms with van der Waals surface area (Å²) in [7, 11) is 1.33. The third-order valence-electron chi connectivity index (χ3n) is 9.37. The number of rotatable bonds is 12. The molecule has 1 aromatic heterocycles. The van der Waals surface area contributed by atoms with Crippen molar-refractivity contribution in [2.45, 2.75) is 84.2 Å². The summed E-state index contributed by atoms with van der Waals surface area (Å²) in [6, 6.07) is 5.15. The number of aromatic amines is 1. The lowest BCUT2D eigenvalue weighted by Crippen LogP contribution is -2.63. The fourth-order valence-corrected chi connectivity index (χ4v) is 7.19. The van der Waals surface area contributed by atoms with Crippen LogP contribution in [0.1, 0.15) is 58.3 Å². The number of nitrogens with zero attached hydrogens (tertiary/aromatic N) is 1. The molecule has 0 radical (unpaired) electrons. The number of ether oxygens (including phenoxy) is 8. The van der Waals surface area contributed by atoms with Crippen molar-refractivity contribution in [3.05, 3.63) is 53.9 Å². The molecule has 2 aromatic rings. The summed E-state index contributed by atoms with van der Waals surface area (Å²) in [6.07, 6.45) is -2.02. The van der Waals surface area contributed by atoms with E-state index >= 15 is 0 Å². The van der Waals surface area contributed by atoms with Gasteiger partial charge in [0.05, 0.1) is 25.3 Å². The number of carbonyl (C=O) groups excluding carboxylic acids is 6. The molecular weight excluding hydrogens is 696 g/mol. The summed E-state index contributed by atoms with van der Waals surface area (Å²) in [5, 5.41) is 0.849. The number of methoxy groups -OCH3 is 1. The number of fused-ring (bicyclic) bond motifs is 5. The SMILES string of the molecule is C=C[C@@H](COC(C)=O)[C@@H]1C[C@H]2c3[nH]c4ccc(O[C@@H]5O[C@H](COC(C)=O)[C@@H](OC(C)=O)[C@H](OC(C)=O)[C@H]5OC(C)=O)cc4c3CCN2C=C1C(=O)OC. The molecule has 16 nitrogen and oxygen atoms in total. The van der Waals surface area contributed by atoms with Gasteiger partial charge in [-0.25, -0.2) is 4.79 Å². The van der Waals surface area contributed by atoms with Crippen molar-refractivity contribution in [1.29, 1.82) is 0 Å². The van der Waals surface area contributed by atoms with Crippen LogP contribution in [0.5, 0.6) is 5.75 Å². The Kier molecular flexibility index (Phi) is 12.1. The number of benzene rings is 1. The summed E-state index contributed by atoms with van der Waals surface area (Å²) < 4.78 is 44.6. The second-order valence-electron chi connectivity index (χ2n) is 13.0. The molecule has 286 valence electrons. The summed E-state index contributed by atoms with van der Waals surface area (Å²) >= 11 is 0. The standard InChI is InChI=1S/C37H44N2O14/c1-8-23(16-47-18(2)40)26-14-30-32-25(11-12-39(30)15-28(26)36(45)46-7)27-13-24(9-10-29(27)38-32)52-37-35(51-22(6)44)34(50-21(5)43)33(49-20(4)42)31(53-37)17-48-19(3)41/h8-10,13,15,23,26,30-31,33-35,37-38H,1,11-12,14,16-17H2,2-7H3/t23-,26-,30-,31+,33+,34-,35+,37+/m0/s1. The number of nitrogens with one attached hydrogen (secondary N) is 1. The van der Waals surface area contributed by atoms with Crippen LogP contribution in [0.4, 0.5) is 0 Å². The molecule has 1 fully saturated rings. The molecule has 0 bridgehead atoms. The van der Waals surface area contributed by atoms with Crippen molar-refractivity contribution in [2.75, 3.05) is 26.9 Å². The van der Waals surface area contributed by atoms with Gasteiger partial charge < -0.3 is 47.8 Å². The molecule has 5 rings (SSSR count). The number of aromatic nitrogens is 1. The number of esters is 6. The number of carbonyl (C=O) groups is 6. The Hall–Kier alpha value is -5.38. The van der Waals surface area contributed by atoms with E-state index in [-0.39, 0.29) is 31.1 Å². The van der Waals surface area contributed by atoms with Gasteiger partial charge in [-0.05, 0) is 36.6 Å². The molecule has 0 amide bonds. The first-order valence-corrected chi connectivity index (χ1v) is 17.1. The predicted molar refractivity (Wildman–Crippen MR) is 183 cm³/mol. The highest BCUT2D eigenvalue weighted by atomic mass is 16.7. The van der Waals surface area contributed by atoms with E-state index in [9.17, 15) is 28.8 Å². The maximum atomic E-state index is 12.9. The van der Waals surface area contributed by atoms with Gasteiger partial charge in [0.2, 0.25) is 12.4 Å². The van der Waals surface area contributed by atoms with Gasteiger partial charge in [-0.3, -0.25) is 24.0 Å². The first-order valence-electron chi connectivity index (χ1n) is 17.1. The zero-order chi connectivity index (χ0) is 38.6. The van der Waals surface area contributed by atoms with Gasteiger partial charge in [0.15, 0.2) is 12.2 Å². The molecule has 4 heterocycles. The Morgan fingerprint density at radius 1 is 0.925 bits per heavy atom. The van der Waals surface area contributed by atoms with Crippen molar-refractivity contribution in [1.82, 2.24) is 9.88 Å². The zero-order valence-corrected chi connectivity index (χ0v) is 30.4. The molecular formula is C37H44N2O14. The quantitative estimate of drug-likeness (QED) is 0.189. The highest BCUT2D eigenvalue weighted by molar-refractivity contribution is 5.90. The first-order chi connectivity index (χ1) is 25.2. The van der Waals surface area contributed by atoms with E-state index in [1.54, 1.807) is 18.2 Å². The van der Waals surface area contributed by atoms with Gasteiger partial charge in [0, 0.05) is 75.8 Å². The largest absolute Gasteiger partial charge is 0.466 e. The first kappa shape index (κ1) is 38.8. The van der Waals surface area contributed by atoms with Crippen LogP contribution in [0.3, 0.4) is 0 Å². The maximum absolute atomic E-state index is 12.9. The van der Waals surface area contributed by atoms with E-state index in [0.29, 0.717) is 30.7 Å². The number of H-pyrrole nitrogens is 1. The van der Waals surface area contributed by atoms with Crippen LogP contribution in [0.15, 0.2) is 42.6 Å². The Balaban J connectivity index is 1.49. The Morgan fingerprint density at radius 3 is 2.21 bits per heavy atom. The lowest BCUT2D eigenvalue weighted by atomic mass is 9.77. The fraction of sp³-hybridized carbons (Fsp3) is 0.514. The fourth-order valence-electron chi connectivity index (χ4n) is 7.19. The van der Waals surface area contributed by atoms with Crippen LogP contribution >= 0.6 is 0 Å². The van der Waals surface area contributed by atoms with E-state index in [0.717, 1.165) is 42.9 Å². The van der Waals surface area contributed by atoms with E-state index in [2.05, 4.69) is 16.5 Å². The molecule has 3 aliphatic rings. The minimum atomic E-state index is -1.40. The average Bonchev–Trinajstić information content (AvgIpc) is 3.47. The van der Waals surface area contributed by atoms with Gasteiger partial charge in [-0.2, -0.15) is 0 Å². The molecule has 16 heteroatoms. The zero-order valence-electron chi connectivity index (χ0n) is 30.4. The van der Waals surface area contributed by atoms with Crippen molar-refractivity contribution < 1.29 is 66.7 Å². The highest BCUT2D eigenvalue weighted by Gasteiger charge is 2.53. The molecule has 0 spiro atoms. The third-order valence-corrected chi connectivity index (χ3v) is 9.37. The summed E-state index contributed by atoms with van der Waals surface area (Å²) in [5.41, 5.74) is 3.25. The smallest absolute Gasteiger partial charge is 0.335 e. The van der Waals surface area contributed by atoms with Crippen LogP contribution in [-0.4, -0.2) is 103 Å². The van der Waals surface area contributed by atoms with Crippen molar-refractivity contribution in [3.63, 3.8) is 0 Å². The van der Waals surface area contributed by atoms with E-state index < -0.39 is 66.5 Å². The number of hydrogen-bond donors (Lipinski definition) is 1. The van der Waals surface area contributed by atoms with Gasteiger partial charge in [0.25, 0.3) is 0 Å². The van der Waals surface area contributed by atoms with Crippen LogP contribution < -0.4 is 4.74 Å². The Bertz CT molecular complexity index is 1800. The van der Waals surface area contributed by atoms with Crippen molar-refractivity contribution in [3.8, 4) is 5.75 Å². The summed E-state index contributed by atoms with van der Waals surface area (Å²) in [4.78, 5) is 78.5. The molecule has 1 saturated heterocycles. The molecule has 0 unspecified atom stereocenters. The van der Waals surface area contributed by atoms with Crippen LogP contribution in [0.2, 0.25) is 0 Å². The van der Waals surface area contributed by atoms with Crippen molar-refractivity contribution in [2.24, 2.45) is 11.8 Å². The van der Waals surface area contributed by atoms with Crippen LogP contribution in [-0.2, 0) is 68.3 Å². The van der Waals surface area contributed by atoms with Crippen molar-refractivity contribution >= 4 is 46.7 Å². The lowest BCUT2D eigenvalue weighted by molar-refractivity contribution is -0.288. The molecule has 0 saturated carbocycles. The third kappa shape index (κ3) is 8.81. The second kappa shape index (κ2) is 16.5. The van der Waals surface area contributed by atoms with Gasteiger partial charge in [0.1, 0.15) is 18.5 Å². The predicted octanol–water partition coefficient (Wildman–Crippen LogP) is 2.97. The Labute approximate surface area is 305 Å². The van der Waals surface area contributed by atoms with E-state index in [1.165, 1.54) is 21.0 Å². The summed E-state index contributed by atoms with van der Waals surface area (Å²) in [6.45, 7) is 10.2. The minimum absolute atomic E-state index is 0.0596. The van der Waals surface area contributed by atoms with E-state index in [4.69, 9.17) is 37.9 Å². The monoisotopic (exact) mass is 740 g/mol. The second-order valence-corrected chi connectivity index (χ2v) is 13.0. The lowest BCUT2D eigenvalue weighted by Gasteiger charge is -2.43. The highest BCUT2D eigenvalue weighted by Crippen LogP contribution is 2.45. The maximum Gasteiger partial charge on any atom is 0.335 e. The molecule has 8 atom stereocenters. The average molecular weight is 741 g/mol. The normalized spacial score (nSPS) is 25.4. The molecule has 1 aromatic carbocycles.